The minimum atomic E-state index is -0.182. The van der Waals surface area contributed by atoms with Crippen LogP contribution >= 0.6 is 11.5 Å². The van der Waals surface area contributed by atoms with Gasteiger partial charge < -0.3 is 21.1 Å². The molecule has 1 fully saturated rings. The van der Waals surface area contributed by atoms with Crippen LogP contribution in [0.25, 0.3) is 0 Å². The molecule has 1 aliphatic heterocycles. The Morgan fingerprint density at radius 2 is 2.35 bits per heavy atom. The van der Waals surface area contributed by atoms with Gasteiger partial charge in [-0.3, -0.25) is 4.79 Å². The van der Waals surface area contributed by atoms with Gasteiger partial charge in [-0.2, -0.15) is 4.37 Å². The third-order valence-electron chi connectivity index (χ3n) is 3.13. The highest BCUT2D eigenvalue weighted by molar-refractivity contribution is 7.11. The van der Waals surface area contributed by atoms with Crippen molar-refractivity contribution in [2.75, 3.05) is 24.2 Å². The number of nitrogens with one attached hydrogen (secondary N) is 2. The second-order valence-corrected chi connectivity index (χ2v) is 6.04. The summed E-state index contributed by atoms with van der Waals surface area (Å²) < 4.78 is 9.73. The molecule has 1 aromatic heterocycles. The maximum absolute atomic E-state index is 12.1. The zero-order valence-electron chi connectivity index (χ0n) is 11.9. The average Bonchev–Trinajstić information content (AvgIpc) is 2.78. The molecule has 1 aromatic rings. The second kappa shape index (κ2) is 6.90. The van der Waals surface area contributed by atoms with E-state index in [0.717, 1.165) is 24.4 Å². The summed E-state index contributed by atoms with van der Waals surface area (Å²) in [5.41, 5.74) is 6.24. The monoisotopic (exact) mass is 298 g/mol. The molecular formula is C13H22N4O2S. The van der Waals surface area contributed by atoms with Crippen molar-refractivity contribution >= 4 is 28.3 Å². The number of nitrogens with two attached hydrogens (primary N) is 1. The van der Waals surface area contributed by atoms with Crippen molar-refractivity contribution in [3.8, 4) is 0 Å². The fraction of sp³-hybridized carbons (Fsp3) is 0.692. The van der Waals surface area contributed by atoms with Gasteiger partial charge in [-0.1, -0.05) is 0 Å². The maximum Gasteiger partial charge on any atom is 0.258 e. The first-order chi connectivity index (χ1) is 9.58. The van der Waals surface area contributed by atoms with E-state index in [9.17, 15) is 4.79 Å². The number of amides is 1. The van der Waals surface area contributed by atoms with Crippen LogP contribution in [0.5, 0.6) is 0 Å². The van der Waals surface area contributed by atoms with Crippen LogP contribution in [-0.4, -0.2) is 35.6 Å². The van der Waals surface area contributed by atoms with Crippen LogP contribution < -0.4 is 16.4 Å². The Kier molecular flexibility index (Phi) is 5.19. The van der Waals surface area contributed by atoms with E-state index in [1.807, 2.05) is 13.8 Å². The molecule has 7 heteroatoms. The molecule has 0 aliphatic carbocycles. The molecular weight excluding hydrogens is 276 g/mol. The van der Waals surface area contributed by atoms with Gasteiger partial charge in [-0.25, -0.2) is 0 Å². The number of aromatic nitrogens is 1. The van der Waals surface area contributed by atoms with E-state index in [-0.39, 0.29) is 23.9 Å². The SMILES string of the molecule is CC(C)NC(=O)c1c(N)nsc1NCC1CCCCO1. The Balaban J connectivity index is 1.99. The van der Waals surface area contributed by atoms with Crippen molar-refractivity contribution < 1.29 is 9.53 Å². The van der Waals surface area contributed by atoms with Crippen LogP contribution in [-0.2, 0) is 4.74 Å². The minimum absolute atomic E-state index is 0.0660. The Bertz CT molecular complexity index is 455. The Labute approximate surface area is 123 Å². The number of carbonyl (C=O) groups excluding carboxylic acids is 1. The van der Waals surface area contributed by atoms with Gasteiger partial charge in [-0.15, -0.1) is 0 Å². The summed E-state index contributed by atoms with van der Waals surface area (Å²) in [7, 11) is 0. The van der Waals surface area contributed by atoms with E-state index in [2.05, 4.69) is 15.0 Å². The predicted molar refractivity (Wildman–Crippen MR) is 81.2 cm³/mol. The molecule has 1 amide bonds. The van der Waals surface area contributed by atoms with Crippen LogP contribution in [0, 0.1) is 0 Å². The van der Waals surface area contributed by atoms with E-state index in [1.165, 1.54) is 18.0 Å². The van der Waals surface area contributed by atoms with Gasteiger partial charge >= 0.3 is 0 Å². The normalized spacial score (nSPS) is 19.1. The number of carbonyl (C=O) groups is 1. The van der Waals surface area contributed by atoms with Gasteiger partial charge in [0, 0.05) is 19.2 Å². The largest absolute Gasteiger partial charge is 0.382 e. The highest BCUT2D eigenvalue weighted by atomic mass is 32.1. The number of rotatable bonds is 5. The van der Waals surface area contributed by atoms with Gasteiger partial charge in [0.1, 0.15) is 10.6 Å². The van der Waals surface area contributed by atoms with Crippen molar-refractivity contribution in [1.29, 1.82) is 0 Å². The molecule has 112 valence electrons. The Morgan fingerprint density at radius 1 is 1.55 bits per heavy atom. The molecule has 0 bridgehead atoms. The lowest BCUT2D eigenvalue weighted by Crippen LogP contribution is -2.31. The van der Waals surface area contributed by atoms with Crippen molar-refractivity contribution in [3.05, 3.63) is 5.56 Å². The Morgan fingerprint density at radius 3 is 3.00 bits per heavy atom. The molecule has 1 atom stereocenters. The van der Waals surface area contributed by atoms with Gasteiger partial charge in [0.15, 0.2) is 5.82 Å². The maximum atomic E-state index is 12.1. The van der Waals surface area contributed by atoms with Gasteiger partial charge in [0.25, 0.3) is 5.91 Å². The van der Waals surface area contributed by atoms with Gasteiger partial charge in [-0.05, 0) is 44.6 Å². The highest BCUT2D eigenvalue weighted by Gasteiger charge is 2.21. The molecule has 0 aromatic carbocycles. The smallest absolute Gasteiger partial charge is 0.258 e. The van der Waals surface area contributed by atoms with Crippen LogP contribution in [0.2, 0.25) is 0 Å². The van der Waals surface area contributed by atoms with Crippen molar-refractivity contribution in [3.63, 3.8) is 0 Å². The fourth-order valence-corrected chi connectivity index (χ4v) is 2.87. The molecule has 0 saturated carbocycles. The molecule has 1 unspecified atom stereocenters. The van der Waals surface area contributed by atoms with E-state index < -0.39 is 0 Å². The number of nitrogen functional groups attached to an aromatic ring is 1. The molecule has 6 nitrogen and oxygen atoms in total. The summed E-state index contributed by atoms with van der Waals surface area (Å²) in [6, 6.07) is 0.0660. The first-order valence-electron chi connectivity index (χ1n) is 6.99. The number of ether oxygens (including phenoxy) is 1. The summed E-state index contributed by atoms with van der Waals surface area (Å²) in [6.45, 7) is 5.33. The van der Waals surface area contributed by atoms with Crippen molar-refractivity contribution in [2.24, 2.45) is 0 Å². The second-order valence-electron chi connectivity index (χ2n) is 5.27. The lowest BCUT2D eigenvalue weighted by atomic mass is 10.1. The standard InChI is InChI=1S/C13H22N4O2S/c1-8(2)16-12(18)10-11(14)17-20-13(10)15-7-9-5-3-4-6-19-9/h8-9,15H,3-7H2,1-2H3,(H2,14,17)(H,16,18). The third kappa shape index (κ3) is 3.83. The first kappa shape index (κ1) is 15.1. The van der Waals surface area contributed by atoms with Crippen molar-refractivity contribution in [1.82, 2.24) is 9.69 Å². The summed E-state index contributed by atoms with van der Waals surface area (Å²) in [5.74, 6) is 0.0959. The van der Waals surface area contributed by atoms with Crippen LogP contribution in [0.1, 0.15) is 43.5 Å². The zero-order valence-corrected chi connectivity index (χ0v) is 12.8. The van der Waals surface area contributed by atoms with E-state index in [4.69, 9.17) is 10.5 Å². The van der Waals surface area contributed by atoms with E-state index >= 15 is 0 Å². The minimum Gasteiger partial charge on any atom is -0.382 e. The molecule has 20 heavy (non-hydrogen) atoms. The molecule has 1 saturated heterocycles. The number of anilines is 2. The van der Waals surface area contributed by atoms with E-state index in [1.54, 1.807) is 0 Å². The predicted octanol–water partition coefficient (Wildman–Crippen LogP) is 1.84. The third-order valence-corrected chi connectivity index (χ3v) is 3.95. The first-order valence-corrected chi connectivity index (χ1v) is 7.76. The molecule has 2 rings (SSSR count). The van der Waals surface area contributed by atoms with Gasteiger partial charge in [0.2, 0.25) is 0 Å². The summed E-state index contributed by atoms with van der Waals surface area (Å²) in [6.07, 6.45) is 3.58. The Hall–Kier alpha value is -1.34. The van der Waals surface area contributed by atoms with Gasteiger partial charge in [0.05, 0.1) is 6.10 Å². The zero-order chi connectivity index (χ0) is 14.5. The summed E-state index contributed by atoms with van der Waals surface area (Å²) >= 11 is 1.22. The van der Waals surface area contributed by atoms with Crippen LogP contribution in [0.4, 0.5) is 10.8 Å². The highest BCUT2D eigenvalue weighted by Crippen LogP contribution is 2.27. The van der Waals surface area contributed by atoms with Crippen molar-refractivity contribution in [2.45, 2.75) is 45.3 Å². The number of hydrogen-bond acceptors (Lipinski definition) is 6. The molecule has 2 heterocycles. The lowest BCUT2D eigenvalue weighted by molar-refractivity contribution is 0.0248. The fourth-order valence-electron chi connectivity index (χ4n) is 2.15. The number of nitrogens with zero attached hydrogens (tertiary/aromatic N) is 1. The average molecular weight is 298 g/mol. The molecule has 4 N–H and O–H groups in total. The quantitative estimate of drug-likeness (QED) is 0.772. The molecule has 0 spiro atoms. The molecule has 0 radical (unpaired) electrons. The summed E-state index contributed by atoms with van der Waals surface area (Å²) in [4.78, 5) is 12.1. The van der Waals surface area contributed by atoms with E-state index in [0.29, 0.717) is 12.1 Å². The topological polar surface area (TPSA) is 89.3 Å². The molecule has 1 aliphatic rings. The lowest BCUT2D eigenvalue weighted by Gasteiger charge is -2.23. The van der Waals surface area contributed by atoms with Crippen LogP contribution in [0.3, 0.4) is 0 Å². The number of hydrogen-bond donors (Lipinski definition) is 3. The summed E-state index contributed by atoms with van der Waals surface area (Å²) in [5, 5.41) is 6.81. The van der Waals surface area contributed by atoms with Crippen LogP contribution in [0.15, 0.2) is 0 Å².